The smallest absolute Gasteiger partial charge is 0.342 e. The zero-order chi connectivity index (χ0) is 18.7. The van der Waals surface area contributed by atoms with E-state index in [9.17, 15) is 14.7 Å². The van der Waals surface area contributed by atoms with Crippen LogP contribution in [-0.4, -0.2) is 35.7 Å². The monoisotopic (exact) mass is 392 g/mol. The lowest BCUT2D eigenvalue weighted by Gasteiger charge is -2.06. The molecule has 0 radical (unpaired) electrons. The van der Waals surface area contributed by atoms with E-state index in [1.165, 1.54) is 29.5 Å². The second kappa shape index (κ2) is 7.59. The van der Waals surface area contributed by atoms with Crippen molar-refractivity contribution in [3.05, 3.63) is 47.0 Å². The van der Waals surface area contributed by atoms with Crippen LogP contribution in [0.3, 0.4) is 0 Å². The van der Waals surface area contributed by atoms with Gasteiger partial charge in [-0.1, -0.05) is 22.9 Å². The molecule has 2 N–H and O–H groups in total. The lowest BCUT2D eigenvalue weighted by atomic mass is 10.2. The van der Waals surface area contributed by atoms with Crippen LogP contribution in [0.4, 0.5) is 5.13 Å². The maximum Gasteiger partial charge on any atom is 0.342 e. The average molecular weight is 393 g/mol. The minimum Gasteiger partial charge on any atom is -0.507 e. The highest BCUT2D eigenvalue weighted by Gasteiger charge is 2.16. The third-order valence-corrected chi connectivity index (χ3v) is 4.52. The van der Waals surface area contributed by atoms with Crippen LogP contribution in [0.5, 0.6) is 11.5 Å². The van der Waals surface area contributed by atoms with Gasteiger partial charge in [-0.15, -0.1) is 0 Å². The third kappa shape index (κ3) is 4.04. The van der Waals surface area contributed by atoms with Gasteiger partial charge in [0.15, 0.2) is 11.7 Å². The quantitative estimate of drug-likeness (QED) is 0.645. The average Bonchev–Trinajstić information content (AvgIpc) is 3.02. The number of rotatable bonds is 5. The van der Waals surface area contributed by atoms with Crippen molar-refractivity contribution in [3.8, 4) is 11.5 Å². The number of benzene rings is 2. The molecule has 134 valence electrons. The Hall–Kier alpha value is -2.84. The van der Waals surface area contributed by atoms with Crippen LogP contribution < -0.4 is 10.1 Å². The van der Waals surface area contributed by atoms with E-state index >= 15 is 0 Å². The highest BCUT2D eigenvalue weighted by molar-refractivity contribution is 7.22. The van der Waals surface area contributed by atoms with Crippen molar-refractivity contribution in [2.24, 2.45) is 0 Å². The summed E-state index contributed by atoms with van der Waals surface area (Å²) < 4.78 is 10.9. The molecule has 1 heterocycles. The normalized spacial score (nSPS) is 10.5. The Morgan fingerprint density at radius 1 is 1.27 bits per heavy atom. The molecule has 2 aromatic carbocycles. The van der Waals surface area contributed by atoms with E-state index in [1.807, 2.05) is 6.07 Å². The number of amides is 1. The summed E-state index contributed by atoms with van der Waals surface area (Å²) in [5, 5.41) is 12.9. The molecule has 3 rings (SSSR count). The molecule has 0 bridgehead atoms. The Morgan fingerprint density at radius 2 is 2.08 bits per heavy atom. The molecule has 0 fully saturated rings. The first-order chi connectivity index (χ1) is 12.5. The lowest BCUT2D eigenvalue weighted by Crippen LogP contribution is -2.20. The first kappa shape index (κ1) is 18.0. The third-order valence-electron chi connectivity index (χ3n) is 3.35. The number of nitrogens with one attached hydrogen (secondary N) is 1. The van der Waals surface area contributed by atoms with Crippen molar-refractivity contribution >= 4 is 50.2 Å². The number of phenols is 1. The molecule has 9 heteroatoms. The number of methoxy groups -OCH3 is 1. The summed E-state index contributed by atoms with van der Waals surface area (Å²) in [6.07, 6.45) is 0. The largest absolute Gasteiger partial charge is 0.507 e. The first-order valence-corrected chi connectivity index (χ1v) is 8.56. The van der Waals surface area contributed by atoms with Gasteiger partial charge in [-0.25, -0.2) is 9.78 Å². The van der Waals surface area contributed by atoms with Crippen LogP contribution in [0.25, 0.3) is 10.2 Å². The molecule has 0 spiro atoms. The minimum absolute atomic E-state index is 0.114. The number of carbonyl (C=O) groups is 2. The van der Waals surface area contributed by atoms with Crippen molar-refractivity contribution in [3.63, 3.8) is 0 Å². The van der Waals surface area contributed by atoms with Crippen LogP contribution in [-0.2, 0) is 9.53 Å². The standard InChI is InChI=1S/C17H13ClN2O5S/c1-24-10-3-4-12-14(7-10)26-17(19-12)20-15(22)8-25-16(23)11-6-9(18)2-5-13(11)21/h2-7,21H,8H2,1H3,(H,19,20,22). The number of nitrogens with zero attached hydrogens (tertiary/aromatic N) is 1. The number of ether oxygens (including phenoxy) is 2. The predicted octanol–water partition coefficient (Wildman–Crippen LogP) is 3.46. The van der Waals surface area contributed by atoms with E-state index in [0.29, 0.717) is 16.4 Å². The van der Waals surface area contributed by atoms with Crippen LogP contribution >= 0.6 is 22.9 Å². The second-order valence-electron chi connectivity index (χ2n) is 5.14. The van der Waals surface area contributed by atoms with Gasteiger partial charge in [0.25, 0.3) is 5.91 Å². The summed E-state index contributed by atoms with van der Waals surface area (Å²) in [5.74, 6) is -0.991. The predicted molar refractivity (Wildman–Crippen MR) is 98.2 cm³/mol. The molecule has 0 aliphatic rings. The van der Waals surface area contributed by atoms with E-state index < -0.39 is 18.5 Å². The fourth-order valence-electron chi connectivity index (χ4n) is 2.12. The van der Waals surface area contributed by atoms with Crippen LogP contribution in [0, 0.1) is 0 Å². The van der Waals surface area contributed by atoms with Gasteiger partial charge in [0.05, 0.1) is 17.3 Å². The summed E-state index contributed by atoms with van der Waals surface area (Å²) in [5.41, 5.74) is 0.601. The van der Waals surface area contributed by atoms with Crippen molar-refractivity contribution in [2.45, 2.75) is 0 Å². The number of carbonyl (C=O) groups excluding carboxylic acids is 2. The molecule has 7 nitrogen and oxygen atoms in total. The molecule has 0 aliphatic carbocycles. The molecule has 0 unspecified atom stereocenters. The van der Waals surface area contributed by atoms with Crippen molar-refractivity contribution in [2.75, 3.05) is 19.0 Å². The molecule has 0 aliphatic heterocycles. The van der Waals surface area contributed by atoms with Gasteiger partial charge in [-0.2, -0.15) is 0 Å². The minimum atomic E-state index is -0.853. The van der Waals surface area contributed by atoms with Gasteiger partial charge in [0.2, 0.25) is 0 Å². The van der Waals surface area contributed by atoms with Crippen LogP contribution in [0.2, 0.25) is 5.02 Å². The Labute approximate surface area is 157 Å². The summed E-state index contributed by atoms with van der Waals surface area (Å²) in [4.78, 5) is 28.2. The molecular formula is C17H13ClN2O5S. The van der Waals surface area contributed by atoms with Crippen LogP contribution in [0.15, 0.2) is 36.4 Å². The molecule has 1 aromatic heterocycles. The Balaban J connectivity index is 1.62. The molecule has 0 atom stereocenters. The number of phenolic OH excluding ortho intramolecular Hbond substituents is 1. The van der Waals surface area contributed by atoms with Gasteiger partial charge in [0.1, 0.15) is 17.1 Å². The fourth-order valence-corrected chi connectivity index (χ4v) is 3.20. The zero-order valence-corrected chi connectivity index (χ0v) is 15.1. The van der Waals surface area contributed by atoms with Crippen LogP contribution in [0.1, 0.15) is 10.4 Å². The molecule has 1 amide bonds. The molecule has 3 aromatic rings. The topological polar surface area (TPSA) is 97.8 Å². The van der Waals surface area contributed by atoms with Gasteiger partial charge in [-0.3, -0.25) is 10.1 Å². The fraction of sp³-hybridized carbons (Fsp3) is 0.118. The first-order valence-electron chi connectivity index (χ1n) is 7.36. The van der Waals surface area contributed by atoms with Crippen molar-refractivity contribution in [1.29, 1.82) is 0 Å². The molecule has 0 saturated heterocycles. The molecular weight excluding hydrogens is 380 g/mol. The van der Waals surface area contributed by atoms with E-state index in [4.69, 9.17) is 21.1 Å². The highest BCUT2D eigenvalue weighted by Crippen LogP contribution is 2.29. The van der Waals surface area contributed by atoms with E-state index in [0.717, 1.165) is 4.70 Å². The number of fused-ring (bicyclic) bond motifs is 1. The van der Waals surface area contributed by atoms with Gasteiger partial charge < -0.3 is 14.6 Å². The molecule has 0 saturated carbocycles. The second-order valence-corrected chi connectivity index (χ2v) is 6.61. The van der Waals surface area contributed by atoms with E-state index in [1.54, 1.807) is 19.2 Å². The van der Waals surface area contributed by atoms with Gasteiger partial charge in [-0.05, 0) is 36.4 Å². The lowest BCUT2D eigenvalue weighted by molar-refractivity contribution is -0.119. The number of anilines is 1. The van der Waals surface area contributed by atoms with Crippen molar-refractivity contribution < 1.29 is 24.2 Å². The number of aromatic nitrogens is 1. The van der Waals surface area contributed by atoms with E-state index in [-0.39, 0.29) is 16.3 Å². The maximum absolute atomic E-state index is 12.0. The number of esters is 1. The SMILES string of the molecule is COc1ccc2nc(NC(=O)COC(=O)c3cc(Cl)ccc3O)sc2c1. The van der Waals surface area contributed by atoms with Gasteiger partial charge in [0, 0.05) is 5.02 Å². The number of hydrogen-bond acceptors (Lipinski definition) is 7. The zero-order valence-electron chi connectivity index (χ0n) is 13.5. The number of thiazole rings is 1. The molecule has 26 heavy (non-hydrogen) atoms. The highest BCUT2D eigenvalue weighted by atomic mass is 35.5. The summed E-state index contributed by atoms with van der Waals surface area (Å²) >= 11 is 7.05. The summed E-state index contributed by atoms with van der Waals surface area (Å²) in [6.45, 7) is -0.524. The van der Waals surface area contributed by atoms with E-state index in [2.05, 4.69) is 10.3 Å². The number of halogens is 1. The van der Waals surface area contributed by atoms with Crippen molar-refractivity contribution in [1.82, 2.24) is 4.98 Å². The Kier molecular flexibility index (Phi) is 5.24. The summed E-state index contributed by atoms with van der Waals surface area (Å²) in [7, 11) is 1.57. The number of aromatic hydroxyl groups is 1. The number of hydrogen-bond donors (Lipinski definition) is 2. The Bertz CT molecular complexity index is 988. The van der Waals surface area contributed by atoms with Gasteiger partial charge >= 0.3 is 5.97 Å². The maximum atomic E-state index is 12.0. The Morgan fingerprint density at radius 3 is 2.85 bits per heavy atom. The summed E-state index contributed by atoms with van der Waals surface area (Å²) in [6, 6.07) is 9.33.